The highest BCUT2D eigenvalue weighted by atomic mass is 35.5. The van der Waals surface area contributed by atoms with Crippen LogP contribution in [0.1, 0.15) is 37.9 Å². The first-order valence-corrected chi connectivity index (χ1v) is 11.8. The number of ketones is 1. The molecule has 1 amide bonds. The van der Waals surface area contributed by atoms with Crippen molar-refractivity contribution < 1.29 is 24.2 Å². The van der Waals surface area contributed by atoms with Crippen LogP contribution in [0.5, 0.6) is 11.5 Å². The van der Waals surface area contributed by atoms with Crippen molar-refractivity contribution in [3.05, 3.63) is 64.2 Å². The molecule has 0 aromatic heterocycles. The number of amides is 1. The number of benzene rings is 2. The monoisotopic (exact) mass is 486 g/mol. The summed E-state index contributed by atoms with van der Waals surface area (Å²) in [6.07, 6.45) is 0. The third-order valence-electron chi connectivity index (χ3n) is 6.01. The van der Waals surface area contributed by atoms with Gasteiger partial charge in [0.15, 0.2) is 0 Å². The van der Waals surface area contributed by atoms with Crippen LogP contribution in [-0.2, 0) is 9.59 Å². The van der Waals surface area contributed by atoms with Crippen molar-refractivity contribution in [3.63, 3.8) is 0 Å². The third kappa shape index (κ3) is 5.21. The highest BCUT2D eigenvalue weighted by Crippen LogP contribution is 2.41. The fourth-order valence-corrected chi connectivity index (χ4v) is 4.35. The van der Waals surface area contributed by atoms with E-state index in [1.807, 2.05) is 26.8 Å². The van der Waals surface area contributed by atoms with Crippen LogP contribution in [0.15, 0.2) is 48.0 Å². The van der Waals surface area contributed by atoms with Crippen LogP contribution in [0.4, 0.5) is 0 Å². The summed E-state index contributed by atoms with van der Waals surface area (Å²) < 4.78 is 10.9. The molecule has 0 aliphatic carbocycles. The Bertz CT molecular complexity index is 1080. The minimum atomic E-state index is -0.780. The Morgan fingerprint density at radius 1 is 1.09 bits per heavy atom. The zero-order valence-corrected chi connectivity index (χ0v) is 20.8. The number of Topliss-reactive ketones (excluding diaryl/α,β-unsaturated/α-hetero) is 1. The van der Waals surface area contributed by atoms with Crippen LogP contribution in [0.2, 0.25) is 5.02 Å². The standard InChI is InChI=1S/C26H31ClN2O5/c1-5-28(6-2)13-14-29-23(17-9-8-10-18(15-17)33-4)22(25(31)26(29)32)24(30)20-16-19(34-7-3)11-12-21(20)27/h8-12,15-16,23,30H,5-7,13-14H2,1-4H3/b24-22+. The second-order valence-corrected chi connectivity index (χ2v) is 8.28. The van der Waals surface area contributed by atoms with Gasteiger partial charge in [-0.1, -0.05) is 37.6 Å². The van der Waals surface area contributed by atoms with Crippen molar-refractivity contribution in [1.29, 1.82) is 0 Å². The van der Waals surface area contributed by atoms with Gasteiger partial charge in [-0.25, -0.2) is 0 Å². The molecule has 7 nitrogen and oxygen atoms in total. The third-order valence-corrected chi connectivity index (χ3v) is 6.33. The van der Waals surface area contributed by atoms with Crippen LogP contribution in [0.3, 0.4) is 0 Å². The molecule has 1 N–H and O–H groups in total. The molecule has 2 aromatic carbocycles. The summed E-state index contributed by atoms with van der Waals surface area (Å²) in [6, 6.07) is 11.2. The first kappa shape index (κ1) is 25.6. The molecule has 1 unspecified atom stereocenters. The quantitative estimate of drug-likeness (QED) is 0.302. The molecule has 1 aliphatic heterocycles. The van der Waals surface area contributed by atoms with E-state index in [-0.39, 0.29) is 21.9 Å². The lowest BCUT2D eigenvalue weighted by Crippen LogP contribution is -2.38. The van der Waals surface area contributed by atoms with Crippen molar-refractivity contribution >= 4 is 29.1 Å². The van der Waals surface area contributed by atoms with Crippen molar-refractivity contribution in [2.45, 2.75) is 26.8 Å². The average molecular weight is 487 g/mol. The summed E-state index contributed by atoms with van der Waals surface area (Å²) in [6.45, 7) is 8.95. The number of likely N-dealkylation sites (N-methyl/N-ethyl adjacent to an activating group) is 1. The zero-order chi connectivity index (χ0) is 24.8. The molecule has 1 aliphatic rings. The second kappa shape index (κ2) is 11.4. The molecule has 0 bridgehead atoms. The van der Waals surface area contributed by atoms with E-state index in [4.69, 9.17) is 21.1 Å². The predicted octanol–water partition coefficient (Wildman–Crippen LogP) is 4.51. The van der Waals surface area contributed by atoms with Gasteiger partial charge < -0.3 is 24.4 Å². The van der Waals surface area contributed by atoms with Gasteiger partial charge >= 0.3 is 0 Å². The lowest BCUT2D eigenvalue weighted by molar-refractivity contribution is -0.140. The van der Waals surface area contributed by atoms with Crippen LogP contribution < -0.4 is 9.47 Å². The summed E-state index contributed by atoms with van der Waals surface area (Å²) in [5, 5.41) is 11.6. The molecule has 2 aromatic rings. The van der Waals surface area contributed by atoms with Gasteiger partial charge in [0.2, 0.25) is 0 Å². The Hall–Kier alpha value is -3.03. The van der Waals surface area contributed by atoms with Gasteiger partial charge in [0.05, 0.1) is 30.4 Å². The number of likely N-dealkylation sites (tertiary alicyclic amines) is 1. The highest BCUT2D eigenvalue weighted by Gasteiger charge is 2.46. The fraction of sp³-hybridized carbons (Fsp3) is 0.385. The molecule has 0 radical (unpaired) electrons. The Labute approximate surface area is 205 Å². The first-order chi connectivity index (χ1) is 16.4. The maximum Gasteiger partial charge on any atom is 0.295 e. The number of rotatable bonds is 10. The smallest absolute Gasteiger partial charge is 0.295 e. The summed E-state index contributed by atoms with van der Waals surface area (Å²) >= 11 is 6.39. The zero-order valence-electron chi connectivity index (χ0n) is 20.0. The number of nitrogens with zero attached hydrogens (tertiary/aromatic N) is 2. The molecule has 1 saturated heterocycles. The number of methoxy groups -OCH3 is 1. The van der Waals surface area contributed by atoms with Gasteiger partial charge in [-0.3, -0.25) is 9.59 Å². The van der Waals surface area contributed by atoms with E-state index in [2.05, 4.69) is 4.90 Å². The number of carbonyl (C=O) groups excluding carboxylic acids is 2. The van der Waals surface area contributed by atoms with Crippen molar-refractivity contribution in [2.24, 2.45) is 0 Å². The van der Waals surface area contributed by atoms with E-state index in [9.17, 15) is 14.7 Å². The van der Waals surface area contributed by atoms with Crippen molar-refractivity contribution in [1.82, 2.24) is 9.80 Å². The number of hydrogen-bond acceptors (Lipinski definition) is 6. The maximum atomic E-state index is 13.2. The first-order valence-electron chi connectivity index (χ1n) is 11.4. The summed E-state index contributed by atoms with van der Waals surface area (Å²) in [5.41, 5.74) is 0.896. The van der Waals surface area contributed by atoms with Crippen molar-refractivity contribution in [2.75, 3.05) is 39.9 Å². The Balaban J connectivity index is 2.16. The number of halogens is 1. The maximum absolute atomic E-state index is 13.2. The molecule has 34 heavy (non-hydrogen) atoms. The number of hydrogen-bond donors (Lipinski definition) is 1. The predicted molar refractivity (Wildman–Crippen MR) is 132 cm³/mol. The molecule has 8 heteroatoms. The minimum Gasteiger partial charge on any atom is -0.507 e. The molecular weight excluding hydrogens is 456 g/mol. The lowest BCUT2D eigenvalue weighted by atomic mass is 9.95. The Morgan fingerprint density at radius 2 is 1.82 bits per heavy atom. The lowest BCUT2D eigenvalue weighted by Gasteiger charge is -2.28. The SMILES string of the molecule is CCOc1ccc(Cl)c(/C(O)=C2\C(=O)C(=O)N(CCN(CC)CC)C2c2cccc(OC)c2)c1. The van der Waals surface area contributed by atoms with E-state index >= 15 is 0 Å². The van der Waals surface area contributed by atoms with Gasteiger partial charge in [0.1, 0.15) is 17.3 Å². The summed E-state index contributed by atoms with van der Waals surface area (Å²) in [5.74, 6) is -0.644. The summed E-state index contributed by atoms with van der Waals surface area (Å²) in [4.78, 5) is 30.1. The molecule has 1 heterocycles. The largest absolute Gasteiger partial charge is 0.507 e. The minimum absolute atomic E-state index is 0.00616. The van der Waals surface area contributed by atoms with E-state index in [1.165, 1.54) is 4.90 Å². The van der Waals surface area contributed by atoms with E-state index < -0.39 is 17.7 Å². The number of aliphatic hydroxyl groups is 1. The van der Waals surface area contributed by atoms with Crippen LogP contribution >= 0.6 is 11.6 Å². The van der Waals surface area contributed by atoms with E-state index in [0.717, 1.165) is 13.1 Å². The molecule has 0 saturated carbocycles. The van der Waals surface area contributed by atoms with Gasteiger partial charge in [-0.15, -0.1) is 0 Å². The number of aliphatic hydroxyl groups excluding tert-OH is 1. The summed E-state index contributed by atoms with van der Waals surface area (Å²) in [7, 11) is 1.55. The molecule has 3 rings (SSSR count). The van der Waals surface area contributed by atoms with Crippen LogP contribution in [0, 0.1) is 0 Å². The van der Waals surface area contributed by atoms with E-state index in [0.29, 0.717) is 36.8 Å². The average Bonchev–Trinajstić information content (AvgIpc) is 3.10. The van der Waals surface area contributed by atoms with E-state index in [1.54, 1.807) is 43.5 Å². The van der Waals surface area contributed by atoms with Crippen LogP contribution in [0.25, 0.3) is 5.76 Å². The number of carbonyl (C=O) groups is 2. The molecule has 182 valence electrons. The van der Waals surface area contributed by atoms with Crippen LogP contribution in [-0.4, -0.2) is 66.5 Å². The Morgan fingerprint density at radius 3 is 2.47 bits per heavy atom. The fourth-order valence-electron chi connectivity index (χ4n) is 4.15. The normalized spacial score (nSPS) is 17.5. The van der Waals surface area contributed by atoms with Gasteiger partial charge in [-0.05, 0) is 55.9 Å². The van der Waals surface area contributed by atoms with Gasteiger partial charge in [-0.2, -0.15) is 0 Å². The van der Waals surface area contributed by atoms with Crippen molar-refractivity contribution in [3.8, 4) is 11.5 Å². The topological polar surface area (TPSA) is 79.3 Å². The molecular formula is C26H31ClN2O5. The van der Waals surface area contributed by atoms with Gasteiger partial charge in [0, 0.05) is 18.7 Å². The number of ether oxygens (including phenoxy) is 2. The molecule has 1 atom stereocenters. The molecule has 0 spiro atoms. The highest BCUT2D eigenvalue weighted by molar-refractivity contribution is 6.47. The Kier molecular flexibility index (Phi) is 8.58. The second-order valence-electron chi connectivity index (χ2n) is 7.87. The van der Waals surface area contributed by atoms with Gasteiger partial charge in [0.25, 0.3) is 11.7 Å². The molecule has 1 fully saturated rings.